The third kappa shape index (κ3) is 3.79. The monoisotopic (exact) mass is 257 g/mol. The fraction of sp³-hybridized carbons (Fsp3) is 0.300. The Balaban J connectivity index is 2.67. The predicted octanol–water partition coefficient (Wildman–Crippen LogP) is 2.03. The van der Waals surface area contributed by atoms with Crippen LogP contribution in [0.1, 0.15) is 16.2 Å². The molecule has 0 unspecified atom stereocenters. The lowest BCUT2D eigenvalue weighted by atomic mass is 10.3. The Bertz CT molecular complexity index is 395. The Hall–Kier alpha value is -1.14. The number of thioether (sulfide) groups is 1. The minimum atomic E-state index is -0.464. The van der Waals surface area contributed by atoms with E-state index in [1.807, 2.05) is 6.26 Å². The molecule has 0 fully saturated rings. The van der Waals surface area contributed by atoms with Crippen molar-refractivity contribution >= 4 is 34.3 Å². The number of hydrogen-bond donors (Lipinski definition) is 0. The van der Waals surface area contributed by atoms with Crippen molar-refractivity contribution in [3.8, 4) is 0 Å². The van der Waals surface area contributed by atoms with Gasteiger partial charge in [0.05, 0.1) is 12.8 Å². The molecule has 1 aromatic rings. The van der Waals surface area contributed by atoms with E-state index in [0.717, 1.165) is 0 Å². The summed E-state index contributed by atoms with van der Waals surface area (Å²) in [5.41, 5.74) is 0.901. The fourth-order valence-electron chi connectivity index (χ4n) is 0.970. The number of esters is 1. The van der Waals surface area contributed by atoms with E-state index in [2.05, 4.69) is 9.72 Å². The normalized spacial score (nSPS) is 9.62. The summed E-state index contributed by atoms with van der Waals surface area (Å²) >= 11 is 6.23. The number of aromatic nitrogens is 1. The Labute approximate surface area is 103 Å². The molecule has 6 heteroatoms. The quantitative estimate of drug-likeness (QED) is 0.610. The molecule has 0 radical (unpaired) electrons. The molecule has 0 aliphatic heterocycles. The summed E-state index contributed by atoms with van der Waals surface area (Å²) in [6, 6.07) is 5.07. The largest absolute Gasteiger partial charge is 0.472 e. The molecule has 1 aromatic heterocycles. The van der Waals surface area contributed by atoms with E-state index in [4.69, 9.17) is 17.0 Å². The maximum atomic E-state index is 11.2. The van der Waals surface area contributed by atoms with Gasteiger partial charge in [0.1, 0.15) is 12.3 Å². The first-order valence-corrected chi connectivity index (χ1v) is 6.05. The maximum Gasteiger partial charge on any atom is 0.356 e. The van der Waals surface area contributed by atoms with Crippen LogP contribution >= 0.6 is 24.0 Å². The molecule has 0 aliphatic carbocycles. The first-order valence-electron chi connectivity index (χ1n) is 4.42. The van der Waals surface area contributed by atoms with Crippen molar-refractivity contribution < 1.29 is 14.3 Å². The second-order valence-corrected chi connectivity index (χ2v) is 4.16. The van der Waals surface area contributed by atoms with Crippen molar-refractivity contribution in [2.75, 3.05) is 13.4 Å². The molecule has 0 saturated heterocycles. The molecule has 0 saturated carbocycles. The summed E-state index contributed by atoms with van der Waals surface area (Å²) in [4.78, 5) is 15.3. The van der Waals surface area contributed by atoms with E-state index < -0.39 is 5.97 Å². The van der Waals surface area contributed by atoms with E-state index >= 15 is 0 Å². The molecule has 0 aliphatic rings. The van der Waals surface area contributed by atoms with Crippen LogP contribution in [0.5, 0.6) is 0 Å². The van der Waals surface area contributed by atoms with E-state index in [-0.39, 0.29) is 12.3 Å². The number of carbonyl (C=O) groups excluding carboxylic acids is 1. The Morgan fingerprint density at radius 1 is 1.56 bits per heavy atom. The van der Waals surface area contributed by atoms with Crippen LogP contribution in [0.4, 0.5) is 0 Å². The third-order valence-electron chi connectivity index (χ3n) is 1.71. The highest BCUT2D eigenvalue weighted by molar-refractivity contribution is 8.22. The van der Waals surface area contributed by atoms with Crippen LogP contribution in [0.15, 0.2) is 18.2 Å². The predicted molar refractivity (Wildman–Crippen MR) is 66.5 cm³/mol. The van der Waals surface area contributed by atoms with Gasteiger partial charge in [-0.25, -0.2) is 9.78 Å². The summed E-state index contributed by atoms with van der Waals surface area (Å²) in [5, 5.41) is 0. The first-order chi connectivity index (χ1) is 7.67. The van der Waals surface area contributed by atoms with E-state index in [0.29, 0.717) is 10.1 Å². The number of methoxy groups -OCH3 is 1. The minimum absolute atomic E-state index is 0.254. The van der Waals surface area contributed by atoms with Crippen molar-refractivity contribution in [2.45, 2.75) is 6.61 Å². The van der Waals surface area contributed by atoms with Crippen molar-refractivity contribution in [1.29, 1.82) is 0 Å². The van der Waals surface area contributed by atoms with Crippen molar-refractivity contribution in [3.05, 3.63) is 29.6 Å². The molecule has 86 valence electrons. The Morgan fingerprint density at radius 2 is 2.31 bits per heavy atom. The molecule has 0 bridgehead atoms. The standard InChI is InChI=1S/C10H11NO3S2/c1-13-9(12)8-5-3-4-7(11-8)6-14-10(15)16-2/h3-5H,6H2,1-2H3. The molecule has 0 amide bonds. The SMILES string of the molecule is COC(=O)c1cccc(COC(=S)SC)n1. The number of rotatable bonds is 3. The smallest absolute Gasteiger partial charge is 0.356 e. The number of thiocarbonyl (C=S) groups is 1. The lowest BCUT2D eigenvalue weighted by Crippen LogP contribution is -2.07. The molecule has 1 heterocycles. The zero-order chi connectivity index (χ0) is 12.0. The van der Waals surface area contributed by atoms with Crippen LogP contribution in [-0.2, 0) is 16.1 Å². The lowest BCUT2D eigenvalue weighted by Gasteiger charge is -2.05. The van der Waals surface area contributed by atoms with Crippen molar-refractivity contribution in [1.82, 2.24) is 4.98 Å². The number of ether oxygens (including phenoxy) is 2. The van der Waals surface area contributed by atoms with Crippen LogP contribution in [0.2, 0.25) is 0 Å². The molecule has 0 aromatic carbocycles. The lowest BCUT2D eigenvalue weighted by molar-refractivity contribution is 0.0593. The summed E-state index contributed by atoms with van der Waals surface area (Å²) in [7, 11) is 1.32. The van der Waals surface area contributed by atoms with Crippen LogP contribution in [0, 0.1) is 0 Å². The highest BCUT2D eigenvalue weighted by Gasteiger charge is 2.07. The summed E-state index contributed by atoms with van der Waals surface area (Å²) in [6.45, 7) is 0.254. The second-order valence-electron chi connectivity index (χ2n) is 2.75. The summed E-state index contributed by atoms with van der Waals surface area (Å²) in [5.74, 6) is -0.464. The van der Waals surface area contributed by atoms with Crippen molar-refractivity contribution in [2.24, 2.45) is 0 Å². The number of pyridine rings is 1. The van der Waals surface area contributed by atoms with Gasteiger partial charge in [-0.1, -0.05) is 17.8 Å². The second kappa shape index (κ2) is 6.44. The van der Waals surface area contributed by atoms with Crippen LogP contribution in [0.3, 0.4) is 0 Å². The van der Waals surface area contributed by atoms with Gasteiger partial charge < -0.3 is 9.47 Å². The van der Waals surface area contributed by atoms with Gasteiger partial charge >= 0.3 is 5.97 Å². The van der Waals surface area contributed by atoms with Gasteiger partial charge in [-0.05, 0) is 30.6 Å². The summed E-state index contributed by atoms with van der Waals surface area (Å²) in [6.07, 6.45) is 1.83. The van der Waals surface area contributed by atoms with Gasteiger partial charge in [0.15, 0.2) is 0 Å². The third-order valence-corrected chi connectivity index (χ3v) is 2.77. The molecule has 0 spiro atoms. The van der Waals surface area contributed by atoms with Gasteiger partial charge in [0.25, 0.3) is 0 Å². The molecule has 0 atom stereocenters. The maximum absolute atomic E-state index is 11.2. The number of hydrogen-bond acceptors (Lipinski definition) is 6. The van der Waals surface area contributed by atoms with Crippen LogP contribution < -0.4 is 0 Å². The van der Waals surface area contributed by atoms with Crippen LogP contribution in [-0.4, -0.2) is 28.7 Å². The van der Waals surface area contributed by atoms with Gasteiger partial charge in [-0.2, -0.15) is 0 Å². The van der Waals surface area contributed by atoms with Crippen LogP contribution in [0.25, 0.3) is 0 Å². The number of nitrogens with zero attached hydrogens (tertiary/aromatic N) is 1. The van der Waals surface area contributed by atoms with Gasteiger partial charge in [-0.15, -0.1) is 0 Å². The average Bonchev–Trinajstić information content (AvgIpc) is 2.35. The van der Waals surface area contributed by atoms with E-state index in [1.54, 1.807) is 18.2 Å². The van der Waals surface area contributed by atoms with Gasteiger partial charge in [-0.3, -0.25) is 0 Å². The van der Waals surface area contributed by atoms with E-state index in [1.165, 1.54) is 18.9 Å². The number of carbonyl (C=O) groups is 1. The zero-order valence-corrected chi connectivity index (χ0v) is 10.6. The molecular weight excluding hydrogens is 246 g/mol. The Morgan fingerprint density at radius 3 is 2.94 bits per heavy atom. The van der Waals surface area contributed by atoms with Gasteiger partial charge in [0.2, 0.25) is 4.38 Å². The highest BCUT2D eigenvalue weighted by Crippen LogP contribution is 2.06. The molecule has 1 rings (SSSR count). The molecular formula is C10H11NO3S2. The summed E-state index contributed by atoms with van der Waals surface area (Å²) < 4.78 is 10.2. The zero-order valence-electron chi connectivity index (χ0n) is 8.93. The topological polar surface area (TPSA) is 48.4 Å². The minimum Gasteiger partial charge on any atom is -0.472 e. The van der Waals surface area contributed by atoms with Gasteiger partial charge in [0, 0.05) is 0 Å². The molecule has 4 nitrogen and oxygen atoms in total. The van der Waals surface area contributed by atoms with Crippen molar-refractivity contribution in [3.63, 3.8) is 0 Å². The first kappa shape index (κ1) is 12.9. The highest BCUT2D eigenvalue weighted by atomic mass is 32.2. The Kier molecular flexibility index (Phi) is 5.21. The molecule has 16 heavy (non-hydrogen) atoms. The molecule has 0 N–H and O–H groups in total. The van der Waals surface area contributed by atoms with E-state index in [9.17, 15) is 4.79 Å². The average molecular weight is 257 g/mol. The fourth-order valence-corrected chi connectivity index (χ4v) is 1.21.